The van der Waals surface area contributed by atoms with E-state index in [4.69, 9.17) is 18.9 Å². The lowest BCUT2D eigenvalue weighted by molar-refractivity contribution is -0.148. The van der Waals surface area contributed by atoms with Gasteiger partial charge in [-0.25, -0.2) is 9.59 Å². The fraction of sp³-hybridized carbons (Fsp3) is 0.391. The zero-order valence-electron chi connectivity index (χ0n) is 16.8. The van der Waals surface area contributed by atoms with E-state index in [0.29, 0.717) is 30.3 Å². The average Bonchev–Trinajstić information content (AvgIpc) is 3.08. The Morgan fingerprint density at radius 3 is 2.63 bits per heavy atom. The minimum Gasteiger partial charge on any atom is -0.504 e. The molecule has 0 radical (unpaired) electrons. The first-order valence-electron chi connectivity index (χ1n) is 10.1. The van der Waals surface area contributed by atoms with Crippen molar-refractivity contribution in [3.05, 3.63) is 41.5 Å². The van der Waals surface area contributed by atoms with Crippen LogP contribution < -0.4 is 9.47 Å². The fourth-order valence-corrected chi connectivity index (χ4v) is 3.64. The topological polar surface area (TPSA) is 91.3 Å². The van der Waals surface area contributed by atoms with E-state index in [0.717, 1.165) is 24.0 Å². The van der Waals surface area contributed by atoms with E-state index in [2.05, 4.69) is 0 Å². The smallest absolute Gasteiger partial charge is 0.344 e. The largest absolute Gasteiger partial charge is 0.504 e. The van der Waals surface area contributed by atoms with E-state index in [1.807, 2.05) is 6.07 Å². The van der Waals surface area contributed by atoms with E-state index in [1.54, 1.807) is 25.1 Å². The number of carbonyl (C=O) groups is 2. The molecule has 7 nitrogen and oxygen atoms in total. The molecule has 0 saturated heterocycles. The van der Waals surface area contributed by atoms with E-state index in [1.165, 1.54) is 12.5 Å². The summed E-state index contributed by atoms with van der Waals surface area (Å²) in [6.45, 7) is 2.33. The molecule has 0 unspecified atom stereocenters. The second-order valence-corrected chi connectivity index (χ2v) is 7.40. The monoisotopic (exact) mass is 412 g/mol. The molecule has 0 aromatic heterocycles. The first-order chi connectivity index (χ1) is 14.6. The highest BCUT2D eigenvalue weighted by molar-refractivity contribution is 5.96. The second kappa shape index (κ2) is 8.65. The van der Waals surface area contributed by atoms with Gasteiger partial charge in [0.05, 0.1) is 18.8 Å². The molecule has 30 heavy (non-hydrogen) atoms. The maximum atomic E-state index is 12.2. The summed E-state index contributed by atoms with van der Waals surface area (Å²) in [5.74, 6) is -0.143. The van der Waals surface area contributed by atoms with Crippen LogP contribution >= 0.6 is 0 Å². The Balaban J connectivity index is 1.63. The number of hydrogen-bond acceptors (Lipinski definition) is 7. The van der Waals surface area contributed by atoms with Gasteiger partial charge < -0.3 is 24.1 Å². The Morgan fingerprint density at radius 1 is 1.10 bits per heavy atom. The molecule has 158 valence electrons. The predicted molar refractivity (Wildman–Crippen MR) is 108 cm³/mol. The van der Waals surface area contributed by atoms with Crippen LogP contribution in [0.15, 0.2) is 30.3 Å². The highest BCUT2D eigenvalue weighted by Crippen LogP contribution is 2.46. The summed E-state index contributed by atoms with van der Waals surface area (Å²) in [5, 5.41) is 10.3. The molecule has 2 aromatic carbocycles. The number of cyclic esters (lactones) is 1. The third kappa shape index (κ3) is 3.92. The quantitative estimate of drug-likeness (QED) is 0.659. The maximum Gasteiger partial charge on any atom is 0.344 e. The zero-order valence-corrected chi connectivity index (χ0v) is 16.8. The van der Waals surface area contributed by atoms with Crippen LogP contribution in [0.5, 0.6) is 17.2 Å². The summed E-state index contributed by atoms with van der Waals surface area (Å²) in [6.07, 6.45) is 3.34. The van der Waals surface area contributed by atoms with Gasteiger partial charge in [0.25, 0.3) is 0 Å². The molecule has 1 heterocycles. The van der Waals surface area contributed by atoms with Crippen LogP contribution in [-0.2, 0) is 20.9 Å². The second-order valence-electron chi connectivity index (χ2n) is 7.40. The van der Waals surface area contributed by atoms with Crippen LogP contribution in [0.2, 0.25) is 0 Å². The zero-order chi connectivity index (χ0) is 21.1. The summed E-state index contributed by atoms with van der Waals surface area (Å²) in [7, 11) is 0. The van der Waals surface area contributed by atoms with Crippen LogP contribution in [0.3, 0.4) is 0 Å². The number of phenols is 1. The van der Waals surface area contributed by atoms with Gasteiger partial charge in [-0.05, 0) is 49.4 Å². The number of benzene rings is 2. The first-order valence-corrected chi connectivity index (χ1v) is 10.1. The third-order valence-electron chi connectivity index (χ3n) is 5.45. The van der Waals surface area contributed by atoms with Crippen molar-refractivity contribution in [2.45, 2.75) is 32.8 Å². The normalized spacial score (nSPS) is 15.2. The molecule has 0 amide bonds. The van der Waals surface area contributed by atoms with Gasteiger partial charge in [0.15, 0.2) is 18.1 Å². The summed E-state index contributed by atoms with van der Waals surface area (Å²) in [5.41, 5.74) is 2.53. The Labute approximate surface area is 174 Å². The summed E-state index contributed by atoms with van der Waals surface area (Å²) in [4.78, 5) is 24.1. The minimum atomic E-state index is -0.476. The van der Waals surface area contributed by atoms with Crippen molar-refractivity contribution in [2.24, 2.45) is 5.92 Å². The van der Waals surface area contributed by atoms with Crippen molar-refractivity contribution in [1.82, 2.24) is 0 Å². The van der Waals surface area contributed by atoms with Crippen LogP contribution in [-0.4, -0.2) is 36.9 Å². The highest BCUT2D eigenvalue weighted by Gasteiger charge is 2.27. The number of hydrogen-bond donors (Lipinski definition) is 1. The molecule has 1 N–H and O–H groups in total. The molecule has 1 aliphatic carbocycles. The molecule has 0 spiro atoms. The van der Waals surface area contributed by atoms with Crippen LogP contribution in [0.1, 0.15) is 42.1 Å². The summed E-state index contributed by atoms with van der Waals surface area (Å²) in [6, 6.07) is 8.47. The average molecular weight is 412 g/mol. The molecular weight excluding hydrogens is 388 g/mol. The molecule has 1 fully saturated rings. The molecular formula is C23H24O7. The van der Waals surface area contributed by atoms with E-state index in [-0.39, 0.29) is 36.4 Å². The number of ether oxygens (including phenoxy) is 4. The molecule has 7 heteroatoms. The molecule has 2 aromatic rings. The number of esters is 2. The van der Waals surface area contributed by atoms with Crippen LogP contribution in [0.25, 0.3) is 11.1 Å². The molecule has 2 aliphatic rings. The Kier molecular flexibility index (Phi) is 5.79. The molecule has 1 aliphatic heterocycles. The third-order valence-corrected chi connectivity index (χ3v) is 5.45. The van der Waals surface area contributed by atoms with Gasteiger partial charge in [0, 0.05) is 11.1 Å². The summed E-state index contributed by atoms with van der Waals surface area (Å²) >= 11 is 0. The van der Waals surface area contributed by atoms with E-state index >= 15 is 0 Å². The summed E-state index contributed by atoms with van der Waals surface area (Å²) < 4.78 is 21.9. The van der Waals surface area contributed by atoms with Gasteiger partial charge in [-0.15, -0.1) is 0 Å². The van der Waals surface area contributed by atoms with Crippen LogP contribution in [0.4, 0.5) is 0 Å². The van der Waals surface area contributed by atoms with E-state index in [9.17, 15) is 14.7 Å². The molecule has 0 atom stereocenters. The standard InChI is InChI=1S/C23H24O7/c1-2-27-22-19(24)10-9-16(15-7-4-8-17-18(15)12-30-23(17)26)21(22)29-13-20(25)28-11-14-5-3-6-14/h4,7-10,14,24H,2-3,5-6,11-13H2,1H3. The number of rotatable bonds is 8. The van der Waals surface area contributed by atoms with Crippen molar-refractivity contribution < 1.29 is 33.6 Å². The first kappa shape index (κ1) is 20.1. The lowest BCUT2D eigenvalue weighted by Crippen LogP contribution is -2.23. The number of aromatic hydroxyl groups is 1. The van der Waals surface area contributed by atoms with Gasteiger partial charge in [-0.3, -0.25) is 0 Å². The van der Waals surface area contributed by atoms with Crippen molar-refractivity contribution in [3.8, 4) is 28.4 Å². The lowest BCUT2D eigenvalue weighted by atomic mass is 9.86. The Hall–Kier alpha value is -3.22. The Bertz CT molecular complexity index is 962. The minimum absolute atomic E-state index is 0.0988. The number of carbonyl (C=O) groups excluding carboxylic acids is 2. The molecule has 1 saturated carbocycles. The SMILES string of the molecule is CCOc1c(O)ccc(-c2cccc3c2COC3=O)c1OCC(=O)OCC1CCC1. The Morgan fingerprint density at radius 2 is 1.90 bits per heavy atom. The van der Waals surface area contributed by atoms with Crippen molar-refractivity contribution in [2.75, 3.05) is 19.8 Å². The lowest BCUT2D eigenvalue weighted by Gasteiger charge is -2.24. The van der Waals surface area contributed by atoms with Crippen molar-refractivity contribution in [1.29, 1.82) is 0 Å². The van der Waals surface area contributed by atoms with Gasteiger partial charge in [-0.2, -0.15) is 0 Å². The van der Waals surface area contributed by atoms with Gasteiger partial charge in [-0.1, -0.05) is 18.6 Å². The molecule has 4 rings (SSSR count). The predicted octanol–water partition coefficient (Wildman–Crippen LogP) is 3.85. The highest BCUT2D eigenvalue weighted by atomic mass is 16.6. The van der Waals surface area contributed by atoms with Crippen molar-refractivity contribution >= 4 is 11.9 Å². The van der Waals surface area contributed by atoms with Gasteiger partial charge in [0.2, 0.25) is 5.75 Å². The maximum absolute atomic E-state index is 12.2. The van der Waals surface area contributed by atoms with E-state index < -0.39 is 5.97 Å². The molecule has 0 bridgehead atoms. The van der Waals surface area contributed by atoms with Crippen LogP contribution in [0, 0.1) is 5.92 Å². The number of phenolic OH excluding ortho intramolecular Hbond substituents is 1. The van der Waals surface area contributed by atoms with Crippen molar-refractivity contribution in [3.63, 3.8) is 0 Å². The van der Waals surface area contributed by atoms with Gasteiger partial charge in [0.1, 0.15) is 6.61 Å². The fourth-order valence-electron chi connectivity index (χ4n) is 3.64. The number of fused-ring (bicyclic) bond motifs is 1. The van der Waals surface area contributed by atoms with Gasteiger partial charge >= 0.3 is 11.9 Å².